The molecule has 0 nitrogen and oxygen atoms in total. The number of fused-ring (bicyclic) bond motifs is 21. The van der Waals surface area contributed by atoms with E-state index in [1.807, 2.05) is 39.0 Å². The van der Waals surface area contributed by atoms with Crippen LogP contribution in [0.4, 0.5) is 0 Å². The Bertz CT molecular complexity index is 7240. The summed E-state index contributed by atoms with van der Waals surface area (Å²) in [5.41, 5.74) is 31.5. The van der Waals surface area contributed by atoms with E-state index in [0.29, 0.717) is 0 Å². The molecule has 21 aromatic rings. The van der Waals surface area contributed by atoms with Crippen LogP contribution in [0.5, 0.6) is 0 Å². The highest BCUT2D eigenvalue weighted by Gasteiger charge is 2.24. The first-order valence-corrected chi connectivity index (χ1v) is 44.9. The standard InChI is InChI=1S/C37H24S.C37H24.C36H24.2C2H6.6CH3B/c1-2-14-29-28(9-1)23-35-30(16-7-18-32(29)35)26-12-5-10-24(21-26)25-11-6-13-27(22-25)31-17-8-19-34-33-15-3-4-20-36(33)38-37(31)34;1-2-12-28-27(9-1)23-36-29(17-8-18-30(28)36)26-11-7-10-24(21-26)25-19-20-35-33-15-4-3-13-31(33)32-14-5-6-16-34(32)37(35)22-25;1-2-10-25(11-3-1)26-12-8-13-27(22-26)28-14-9-15-29(23-28)30-20-21-35-33-18-5-4-16-31(33)32-17-6-7-19-34(32)36(35)24-30;8*1-2/h1-22H,23H2;1-22H,23H2;1-24H;2*1-2H3;6*1H3. The molecule has 0 fully saturated rings. The van der Waals surface area contributed by atoms with Gasteiger partial charge in [0.2, 0.25) is 0 Å². The second kappa shape index (κ2) is 44.4. The van der Waals surface area contributed by atoms with Crippen LogP contribution in [0.1, 0.15) is 49.9 Å². The molecule has 2 aliphatic rings. The minimum Gasteiger partial charge on any atom is -0.135 e. The molecule has 0 aliphatic heterocycles. The SMILES string of the molecule is CC.CC.[B]C.[B]C.[B]C.[B]C.[B]C.[B]C.c1cc(-c2ccc3c4ccccc4c4ccccc4c3c2)cc(-c2cccc3c2Cc2ccccc2-3)c1.c1cc(-c2cccc(-c3cccc4c3sc3ccccc34)c2)cc(-c2cccc3c2Cc2ccccc2-3)c1.c1ccc(-c2cccc(-c3cccc(-c4ccc5c6ccccc6c6ccccc6c5c4)c3)c2)cc1. The van der Waals surface area contributed by atoms with Crippen molar-refractivity contribution in [2.45, 2.75) is 81.5 Å². The number of rotatable bonds is 8. The van der Waals surface area contributed by atoms with E-state index < -0.39 is 0 Å². The summed E-state index contributed by atoms with van der Waals surface area (Å²) in [7, 11) is 27.0. The van der Waals surface area contributed by atoms with Gasteiger partial charge in [0, 0.05) is 20.2 Å². The Balaban J connectivity index is 0.000000151. The molecule has 606 valence electrons. The fourth-order valence-corrected chi connectivity index (χ4v) is 19.2. The molecule has 23 rings (SSSR count). The van der Waals surface area contributed by atoms with Gasteiger partial charge in [0.15, 0.2) is 0 Å². The van der Waals surface area contributed by atoms with Gasteiger partial charge >= 0.3 is 0 Å². The molecular weight excluding hydrogens is 1540 g/mol. The summed E-state index contributed by atoms with van der Waals surface area (Å²) in [6.45, 7) is 17.0. The van der Waals surface area contributed by atoms with Gasteiger partial charge in [0.05, 0.1) is 47.1 Å². The van der Waals surface area contributed by atoms with E-state index in [2.05, 4.69) is 460 Å². The average molecular weight is 1640 g/mol. The third-order valence-corrected chi connectivity index (χ3v) is 24.5. The van der Waals surface area contributed by atoms with Crippen LogP contribution >= 0.6 is 11.3 Å². The summed E-state index contributed by atoms with van der Waals surface area (Å²) in [6, 6.07) is 151. The third kappa shape index (κ3) is 18.9. The Hall–Kier alpha value is -13.4. The summed E-state index contributed by atoms with van der Waals surface area (Å²) < 4.78 is 2.70. The second-order valence-electron chi connectivity index (χ2n) is 29.6. The van der Waals surface area contributed by atoms with Crippen molar-refractivity contribution in [3.63, 3.8) is 0 Å². The fraction of sp³-hybridized carbons (Fsp3) is 0.100. The fourth-order valence-electron chi connectivity index (χ4n) is 18.0. The second-order valence-corrected chi connectivity index (χ2v) is 30.6. The van der Waals surface area contributed by atoms with Crippen LogP contribution in [0.2, 0.25) is 40.9 Å². The molecular formula is C120H102B6S. The van der Waals surface area contributed by atoms with Crippen LogP contribution in [0.25, 0.3) is 196 Å². The highest BCUT2D eigenvalue weighted by Crippen LogP contribution is 2.47. The zero-order valence-electron chi connectivity index (χ0n) is 74.5. The van der Waals surface area contributed by atoms with E-state index in [1.54, 1.807) is 0 Å². The predicted octanol–water partition coefficient (Wildman–Crippen LogP) is 34.1. The van der Waals surface area contributed by atoms with Gasteiger partial charge in [-0.15, -0.1) is 11.3 Å². The number of hydrogen-bond donors (Lipinski definition) is 0. The van der Waals surface area contributed by atoms with E-state index in [1.165, 1.54) is 259 Å². The highest BCUT2D eigenvalue weighted by atomic mass is 32.1. The first kappa shape index (κ1) is 91.3. The molecule has 1 heterocycles. The van der Waals surface area contributed by atoms with Gasteiger partial charge in [-0.05, 0) is 260 Å². The molecule has 0 saturated carbocycles. The lowest BCUT2D eigenvalue weighted by molar-refractivity contribution is 1.26. The smallest absolute Gasteiger partial charge is 0.0606 e. The van der Waals surface area contributed by atoms with Crippen LogP contribution in [-0.4, -0.2) is 47.1 Å². The van der Waals surface area contributed by atoms with E-state index in [-0.39, 0.29) is 0 Å². The Morgan fingerprint density at radius 3 is 0.764 bits per heavy atom. The molecule has 0 amide bonds. The van der Waals surface area contributed by atoms with Gasteiger partial charge < -0.3 is 0 Å². The van der Waals surface area contributed by atoms with Gasteiger partial charge in [-0.1, -0.05) is 433 Å². The van der Waals surface area contributed by atoms with Crippen molar-refractivity contribution in [1.82, 2.24) is 0 Å². The lowest BCUT2D eigenvalue weighted by Crippen LogP contribution is -1.89. The van der Waals surface area contributed by atoms with Crippen LogP contribution in [-0.2, 0) is 12.8 Å². The number of thiophene rings is 1. The Morgan fingerprint density at radius 2 is 0.386 bits per heavy atom. The van der Waals surface area contributed by atoms with Crippen molar-refractivity contribution in [2.75, 3.05) is 0 Å². The minimum absolute atomic E-state index is 1.00. The van der Waals surface area contributed by atoms with E-state index in [0.717, 1.165) is 12.8 Å². The normalized spacial score (nSPS) is 10.7. The molecule has 12 radical (unpaired) electrons. The maximum absolute atomic E-state index is 4.50. The van der Waals surface area contributed by atoms with Gasteiger partial charge in [-0.25, -0.2) is 0 Å². The van der Waals surface area contributed by atoms with Gasteiger partial charge in [-0.3, -0.25) is 0 Å². The van der Waals surface area contributed by atoms with Crippen molar-refractivity contribution in [1.29, 1.82) is 0 Å². The first-order chi connectivity index (χ1) is 63.0. The molecule has 1 aromatic heterocycles. The molecule has 7 heteroatoms. The maximum atomic E-state index is 4.50. The maximum Gasteiger partial charge on any atom is 0.0606 e. The van der Waals surface area contributed by atoms with Crippen LogP contribution in [0.3, 0.4) is 0 Å². The van der Waals surface area contributed by atoms with Crippen molar-refractivity contribution in [3.8, 4) is 111 Å². The predicted molar refractivity (Wildman–Crippen MR) is 570 cm³/mol. The summed E-state index contributed by atoms with van der Waals surface area (Å²) in [5.74, 6) is 0. The Morgan fingerprint density at radius 1 is 0.157 bits per heavy atom. The lowest BCUT2D eigenvalue weighted by atomic mass is 9.90. The molecule has 2 aliphatic carbocycles. The van der Waals surface area contributed by atoms with E-state index in [4.69, 9.17) is 0 Å². The van der Waals surface area contributed by atoms with Crippen molar-refractivity contribution >= 4 is 143 Å². The molecule has 0 spiro atoms. The van der Waals surface area contributed by atoms with Crippen molar-refractivity contribution in [3.05, 3.63) is 435 Å². The van der Waals surface area contributed by atoms with Gasteiger partial charge in [0.1, 0.15) is 0 Å². The van der Waals surface area contributed by atoms with E-state index in [9.17, 15) is 0 Å². The Labute approximate surface area is 765 Å². The van der Waals surface area contributed by atoms with Gasteiger partial charge in [0.25, 0.3) is 0 Å². The largest absolute Gasteiger partial charge is 0.135 e. The van der Waals surface area contributed by atoms with Gasteiger partial charge in [-0.2, -0.15) is 0 Å². The molecule has 20 aromatic carbocycles. The molecule has 0 N–H and O–H groups in total. The minimum atomic E-state index is 1.00. The van der Waals surface area contributed by atoms with Crippen LogP contribution in [0, 0.1) is 0 Å². The number of hydrogen-bond acceptors (Lipinski definition) is 1. The van der Waals surface area contributed by atoms with Crippen molar-refractivity contribution in [2.24, 2.45) is 0 Å². The molecule has 0 saturated heterocycles. The van der Waals surface area contributed by atoms with Crippen LogP contribution < -0.4 is 0 Å². The van der Waals surface area contributed by atoms with E-state index >= 15 is 0 Å². The lowest BCUT2D eigenvalue weighted by Gasteiger charge is -2.13. The first-order valence-electron chi connectivity index (χ1n) is 44.1. The topological polar surface area (TPSA) is 0 Å². The zero-order chi connectivity index (χ0) is 89.3. The summed E-state index contributed by atoms with van der Waals surface area (Å²) in [6.07, 6.45) is 2.00. The molecule has 127 heavy (non-hydrogen) atoms. The third-order valence-electron chi connectivity index (χ3n) is 23.3. The Kier molecular flexibility index (Phi) is 31.9. The molecule has 0 bridgehead atoms. The molecule has 0 unspecified atom stereocenters. The monoisotopic (exact) mass is 1640 g/mol. The summed E-state index contributed by atoms with van der Waals surface area (Å²) >= 11 is 1.89. The average Bonchev–Trinajstić information content (AvgIpc) is 1.49. The summed E-state index contributed by atoms with van der Waals surface area (Å²) in [4.78, 5) is 0. The van der Waals surface area contributed by atoms with Crippen molar-refractivity contribution < 1.29 is 0 Å². The summed E-state index contributed by atoms with van der Waals surface area (Å²) in [5, 5.41) is 18.4. The molecule has 0 atom stereocenters. The quantitative estimate of drug-likeness (QED) is 0.105. The van der Waals surface area contributed by atoms with Crippen LogP contribution in [0.15, 0.2) is 413 Å². The highest BCUT2D eigenvalue weighted by molar-refractivity contribution is 7.26. The zero-order valence-corrected chi connectivity index (χ0v) is 75.4. The number of benzene rings is 20.